The van der Waals surface area contributed by atoms with Gasteiger partial charge in [0.2, 0.25) is 0 Å². The third-order valence-corrected chi connectivity index (χ3v) is 4.06. The lowest BCUT2D eigenvalue weighted by molar-refractivity contribution is -0.137. The van der Waals surface area contributed by atoms with Gasteiger partial charge in [0, 0.05) is 18.5 Å². The lowest BCUT2D eigenvalue weighted by Gasteiger charge is -2.11. The summed E-state index contributed by atoms with van der Waals surface area (Å²) in [6, 6.07) is 7.49. The molecular formula is C18H18F3N3O3. The minimum atomic E-state index is -4.48. The van der Waals surface area contributed by atoms with Crippen molar-refractivity contribution >= 4 is 5.91 Å². The number of hydrogen-bond acceptors (Lipinski definition) is 4. The summed E-state index contributed by atoms with van der Waals surface area (Å²) in [6.45, 7) is -0.0632. The molecule has 1 fully saturated rings. The molecule has 0 spiro atoms. The van der Waals surface area contributed by atoms with Crippen molar-refractivity contribution in [3.63, 3.8) is 0 Å². The van der Waals surface area contributed by atoms with E-state index in [4.69, 9.17) is 4.74 Å². The van der Waals surface area contributed by atoms with Crippen LogP contribution in [0.25, 0.3) is 0 Å². The molecule has 1 N–H and O–H groups in total. The maximum absolute atomic E-state index is 12.6. The van der Waals surface area contributed by atoms with Crippen molar-refractivity contribution in [1.29, 1.82) is 0 Å². The van der Waals surface area contributed by atoms with E-state index in [0.717, 1.165) is 30.7 Å². The van der Waals surface area contributed by atoms with Gasteiger partial charge >= 0.3 is 6.18 Å². The first-order chi connectivity index (χ1) is 12.8. The molecule has 0 atom stereocenters. The van der Waals surface area contributed by atoms with Crippen LogP contribution in [0.5, 0.6) is 5.75 Å². The Bertz CT molecular complexity index is 876. The van der Waals surface area contributed by atoms with Gasteiger partial charge in [0.05, 0.1) is 17.8 Å². The van der Waals surface area contributed by atoms with Gasteiger partial charge in [-0.2, -0.15) is 18.3 Å². The van der Waals surface area contributed by atoms with Crippen LogP contribution in [-0.2, 0) is 17.5 Å². The molecule has 9 heteroatoms. The summed E-state index contributed by atoms with van der Waals surface area (Å²) in [6.07, 6.45) is -2.35. The van der Waals surface area contributed by atoms with Gasteiger partial charge < -0.3 is 10.1 Å². The molecule has 1 aliphatic carbocycles. The van der Waals surface area contributed by atoms with Crippen molar-refractivity contribution in [2.75, 3.05) is 13.2 Å². The summed E-state index contributed by atoms with van der Waals surface area (Å²) in [5.41, 5.74) is -0.232. The highest BCUT2D eigenvalue weighted by Gasteiger charge is 2.30. The normalized spacial score (nSPS) is 14.0. The van der Waals surface area contributed by atoms with E-state index in [1.54, 1.807) is 6.07 Å². The summed E-state index contributed by atoms with van der Waals surface area (Å²) < 4.78 is 44.3. The zero-order valence-corrected chi connectivity index (χ0v) is 14.3. The second kappa shape index (κ2) is 7.81. The number of aromatic nitrogens is 2. The van der Waals surface area contributed by atoms with E-state index in [1.165, 1.54) is 22.9 Å². The van der Waals surface area contributed by atoms with Gasteiger partial charge in [0.1, 0.15) is 5.75 Å². The van der Waals surface area contributed by atoms with Crippen molar-refractivity contribution in [1.82, 2.24) is 15.1 Å². The zero-order chi connectivity index (χ0) is 19.4. The van der Waals surface area contributed by atoms with E-state index >= 15 is 0 Å². The highest BCUT2D eigenvalue weighted by atomic mass is 19.4. The van der Waals surface area contributed by atoms with E-state index < -0.39 is 24.3 Å². The highest BCUT2D eigenvalue weighted by molar-refractivity contribution is 5.77. The molecule has 0 bridgehead atoms. The average molecular weight is 381 g/mol. The molecule has 6 nitrogen and oxygen atoms in total. The van der Waals surface area contributed by atoms with E-state index in [-0.39, 0.29) is 24.4 Å². The molecule has 2 aromatic rings. The zero-order valence-electron chi connectivity index (χ0n) is 14.3. The summed E-state index contributed by atoms with van der Waals surface area (Å²) in [4.78, 5) is 23.6. The Morgan fingerprint density at radius 2 is 2.04 bits per heavy atom. The fourth-order valence-electron chi connectivity index (χ4n) is 2.49. The number of amides is 1. The molecule has 1 amide bonds. The number of halogens is 3. The molecule has 0 saturated heterocycles. The molecule has 1 saturated carbocycles. The molecule has 0 aliphatic heterocycles. The van der Waals surface area contributed by atoms with E-state index in [1.807, 2.05) is 0 Å². The molecule has 1 aromatic carbocycles. The van der Waals surface area contributed by atoms with Gasteiger partial charge in [0.15, 0.2) is 6.61 Å². The number of benzene rings is 1. The Morgan fingerprint density at radius 3 is 2.74 bits per heavy atom. The Kier molecular flexibility index (Phi) is 5.48. The minimum absolute atomic E-state index is 0.0463. The fraction of sp³-hybridized carbons (Fsp3) is 0.389. The maximum Gasteiger partial charge on any atom is 0.416 e. The number of carbonyl (C=O) groups excluding carboxylic acids is 1. The second-order valence-corrected chi connectivity index (χ2v) is 6.26. The van der Waals surface area contributed by atoms with Crippen molar-refractivity contribution in [2.45, 2.75) is 31.5 Å². The van der Waals surface area contributed by atoms with Crippen LogP contribution in [0.3, 0.4) is 0 Å². The quantitative estimate of drug-likeness (QED) is 0.799. The first-order valence-electron chi connectivity index (χ1n) is 8.48. The first-order valence-corrected chi connectivity index (χ1v) is 8.48. The number of ether oxygens (including phenoxy) is 1. The average Bonchev–Trinajstić information content (AvgIpc) is 3.46. The Balaban J connectivity index is 1.46. The summed E-state index contributed by atoms with van der Waals surface area (Å²) in [5.74, 6) is -0.138. The highest BCUT2D eigenvalue weighted by Crippen LogP contribution is 2.38. The summed E-state index contributed by atoms with van der Waals surface area (Å²) >= 11 is 0. The summed E-state index contributed by atoms with van der Waals surface area (Å²) in [5, 5.41) is 6.82. The van der Waals surface area contributed by atoms with E-state index in [2.05, 4.69) is 10.4 Å². The van der Waals surface area contributed by atoms with Gasteiger partial charge in [-0.1, -0.05) is 6.07 Å². The van der Waals surface area contributed by atoms with Crippen molar-refractivity contribution in [3.8, 4) is 5.75 Å². The van der Waals surface area contributed by atoms with E-state index in [0.29, 0.717) is 5.92 Å². The van der Waals surface area contributed by atoms with Gasteiger partial charge in [-0.3, -0.25) is 9.59 Å². The molecule has 27 heavy (non-hydrogen) atoms. The Hall–Kier alpha value is -2.84. The Morgan fingerprint density at radius 1 is 1.26 bits per heavy atom. The minimum Gasteiger partial charge on any atom is -0.484 e. The molecule has 1 aromatic heterocycles. The smallest absolute Gasteiger partial charge is 0.416 e. The third-order valence-electron chi connectivity index (χ3n) is 4.06. The number of nitrogens with zero attached hydrogens (tertiary/aromatic N) is 2. The number of rotatable bonds is 7. The molecule has 1 heterocycles. The number of nitrogens with one attached hydrogen (secondary N) is 1. The maximum atomic E-state index is 12.6. The largest absolute Gasteiger partial charge is 0.484 e. The molecule has 3 rings (SSSR count). The number of carbonyl (C=O) groups is 1. The van der Waals surface area contributed by atoms with Crippen LogP contribution >= 0.6 is 0 Å². The van der Waals surface area contributed by atoms with Crippen molar-refractivity contribution < 1.29 is 22.7 Å². The van der Waals surface area contributed by atoms with Crippen LogP contribution < -0.4 is 15.6 Å². The monoisotopic (exact) mass is 381 g/mol. The van der Waals surface area contributed by atoms with Gasteiger partial charge in [-0.25, -0.2) is 4.68 Å². The predicted octanol–water partition coefficient (Wildman–Crippen LogP) is 2.33. The van der Waals surface area contributed by atoms with Crippen LogP contribution in [-0.4, -0.2) is 28.8 Å². The van der Waals surface area contributed by atoms with Crippen LogP contribution in [0, 0.1) is 0 Å². The van der Waals surface area contributed by atoms with Crippen LogP contribution in [0.2, 0.25) is 0 Å². The van der Waals surface area contributed by atoms with Gasteiger partial charge in [-0.15, -0.1) is 0 Å². The Labute approximate surface area is 153 Å². The third kappa shape index (κ3) is 5.32. The van der Waals surface area contributed by atoms with Crippen LogP contribution in [0.1, 0.15) is 30.0 Å². The van der Waals surface area contributed by atoms with Crippen LogP contribution in [0.4, 0.5) is 13.2 Å². The molecular weight excluding hydrogens is 363 g/mol. The molecule has 144 valence electrons. The topological polar surface area (TPSA) is 73.2 Å². The standard InChI is InChI=1S/C18H18F3N3O3/c19-18(20,21)13-2-1-3-14(10-13)27-11-16(25)22-8-9-24-17(26)7-6-15(23-24)12-4-5-12/h1-3,6-7,10,12H,4-5,8-9,11H2,(H,22,25). The molecule has 0 radical (unpaired) electrons. The predicted molar refractivity (Wildman–Crippen MR) is 90.4 cm³/mol. The lowest BCUT2D eigenvalue weighted by Crippen LogP contribution is -2.34. The lowest BCUT2D eigenvalue weighted by atomic mass is 10.2. The van der Waals surface area contributed by atoms with Gasteiger partial charge in [0.25, 0.3) is 11.5 Å². The number of alkyl halides is 3. The second-order valence-electron chi connectivity index (χ2n) is 6.26. The first kappa shape index (κ1) is 18.9. The van der Waals surface area contributed by atoms with Crippen molar-refractivity contribution in [3.05, 3.63) is 58.0 Å². The molecule has 0 unspecified atom stereocenters. The fourth-order valence-corrected chi connectivity index (χ4v) is 2.49. The molecule has 1 aliphatic rings. The van der Waals surface area contributed by atoms with Gasteiger partial charge in [-0.05, 0) is 37.1 Å². The van der Waals surface area contributed by atoms with Crippen molar-refractivity contribution in [2.24, 2.45) is 0 Å². The number of hydrogen-bond donors (Lipinski definition) is 1. The summed E-state index contributed by atoms with van der Waals surface area (Å²) in [7, 11) is 0. The van der Waals surface area contributed by atoms with E-state index in [9.17, 15) is 22.8 Å². The SMILES string of the molecule is O=C(COc1cccc(C(F)(F)F)c1)NCCn1nc(C2CC2)ccc1=O. The van der Waals surface area contributed by atoms with Crippen LogP contribution in [0.15, 0.2) is 41.2 Å².